The molecule has 0 aliphatic heterocycles. The van der Waals surface area contributed by atoms with Gasteiger partial charge in [0.2, 0.25) is 10.0 Å². The van der Waals surface area contributed by atoms with Gasteiger partial charge in [0.15, 0.2) is 0 Å². The summed E-state index contributed by atoms with van der Waals surface area (Å²) in [7, 11) is -7.85. The van der Waals surface area contributed by atoms with Gasteiger partial charge in [0, 0.05) is 5.56 Å². The molecule has 0 saturated carbocycles. The van der Waals surface area contributed by atoms with Crippen LogP contribution >= 0.6 is 0 Å². The highest BCUT2D eigenvalue weighted by atomic mass is 32.2. The third-order valence-electron chi connectivity index (χ3n) is 2.09. The number of nitrogens with two attached hydrogens (primary N) is 1. The Labute approximate surface area is 104 Å². The summed E-state index contributed by atoms with van der Waals surface area (Å²) in [4.78, 5) is -1.43. The fraction of sp³-hybridized carbons (Fsp3) is 0.250. The summed E-state index contributed by atoms with van der Waals surface area (Å²) in [5, 5.41) is 15.7. The SMILES string of the molecule is COc1cc(C[O])c(S(=O)(=O)O)cc1S(N)(=O)=O. The summed E-state index contributed by atoms with van der Waals surface area (Å²) < 4.78 is 58.2. The van der Waals surface area contributed by atoms with Crippen LogP contribution in [0.1, 0.15) is 5.56 Å². The number of methoxy groups -OCH3 is 1. The van der Waals surface area contributed by atoms with Gasteiger partial charge in [0.25, 0.3) is 10.1 Å². The van der Waals surface area contributed by atoms with Crippen LogP contribution in [0.4, 0.5) is 0 Å². The molecule has 0 amide bonds. The van der Waals surface area contributed by atoms with Crippen LogP contribution < -0.4 is 9.88 Å². The smallest absolute Gasteiger partial charge is 0.294 e. The first-order chi connectivity index (χ1) is 8.11. The van der Waals surface area contributed by atoms with Crippen LogP contribution in [0.5, 0.6) is 5.75 Å². The Bertz CT molecular complexity index is 608. The van der Waals surface area contributed by atoms with Crippen LogP contribution in [0.2, 0.25) is 0 Å². The molecule has 1 aromatic rings. The normalized spacial score (nSPS) is 12.4. The second-order valence-corrected chi connectivity index (χ2v) is 6.20. The van der Waals surface area contributed by atoms with Crippen molar-refractivity contribution < 1.29 is 31.2 Å². The lowest BCUT2D eigenvalue weighted by Gasteiger charge is -2.11. The molecule has 3 N–H and O–H groups in total. The molecule has 8 nitrogen and oxygen atoms in total. The Hall–Kier alpha value is -1.20. The van der Waals surface area contributed by atoms with Crippen molar-refractivity contribution in [3.05, 3.63) is 17.7 Å². The molecule has 0 aliphatic carbocycles. The van der Waals surface area contributed by atoms with E-state index >= 15 is 0 Å². The van der Waals surface area contributed by atoms with Crippen LogP contribution in [0.3, 0.4) is 0 Å². The van der Waals surface area contributed by atoms with Gasteiger partial charge < -0.3 is 4.74 Å². The van der Waals surface area contributed by atoms with Crippen molar-refractivity contribution in [3.8, 4) is 5.75 Å². The zero-order valence-electron chi connectivity index (χ0n) is 9.15. The Morgan fingerprint density at radius 1 is 1.22 bits per heavy atom. The van der Waals surface area contributed by atoms with Gasteiger partial charge in [-0.2, -0.15) is 8.42 Å². The van der Waals surface area contributed by atoms with Crippen molar-refractivity contribution in [1.29, 1.82) is 0 Å². The van der Waals surface area contributed by atoms with E-state index in [1.165, 1.54) is 0 Å². The number of rotatable bonds is 4. The molecular formula is C8H10NO7S2. The van der Waals surface area contributed by atoms with Crippen molar-refractivity contribution in [2.45, 2.75) is 16.4 Å². The van der Waals surface area contributed by atoms with Crippen LogP contribution in [-0.2, 0) is 31.9 Å². The van der Waals surface area contributed by atoms with E-state index in [9.17, 15) is 21.9 Å². The summed E-state index contributed by atoms with van der Waals surface area (Å²) in [5.74, 6) is -0.268. The number of ether oxygens (including phenoxy) is 1. The van der Waals surface area contributed by atoms with E-state index in [0.717, 1.165) is 13.2 Å². The first-order valence-corrected chi connectivity index (χ1v) is 7.39. The topological polar surface area (TPSA) is 144 Å². The highest BCUT2D eigenvalue weighted by molar-refractivity contribution is 7.89. The molecule has 0 heterocycles. The van der Waals surface area contributed by atoms with Gasteiger partial charge in [0.05, 0.1) is 7.11 Å². The van der Waals surface area contributed by atoms with Gasteiger partial charge >= 0.3 is 0 Å². The fourth-order valence-electron chi connectivity index (χ4n) is 1.32. The number of primary sulfonamides is 1. The summed E-state index contributed by atoms with van der Waals surface area (Å²) in [5.41, 5.74) is -0.318. The molecule has 0 fully saturated rings. The Morgan fingerprint density at radius 2 is 1.78 bits per heavy atom. The predicted molar refractivity (Wildman–Crippen MR) is 58.6 cm³/mol. The highest BCUT2D eigenvalue weighted by Crippen LogP contribution is 2.29. The number of hydrogen-bond acceptors (Lipinski definition) is 5. The highest BCUT2D eigenvalue weighted by Gasteiger charge is 2.24. The molecule has 18 heavy (non-hydrogen) atoms. The van der Waals surface area contributed by atoms with Crippen LogP contribution in [0.15, 0.2) is 21.9 Å². The van der Waals surface area contributed by atoms with E-state index < -0.39 is 36.5 Å². The second kappa shape index (κ2) is 4.82. The molecular weight excluding hydrogens is 286 g/mol. The third kappa shape index (κ3) is 2.97. The molecule has 0 unspecified atom stereocenters. The van der Waals surface area contributed by atoms with E-state index in [1.807, 2.05) is 0 Å². The van der Waals surface area contributed by atoms with Gasteiger partial charge in [-0.1, -0.05) is 0 Å². The summed E-state index contributed by atoms with van der Waals surface area (Å²) in [6, 6.07) is 1.51. The van der Waals surface area contributed by atoms with Gasteiger partial charge in [-0.05, 0) is 12.1 Å². The summed E-state index contributed by atoms with van der Waals surface area (Å²) in [6.07, 6.45) is 0. The lowest BCUT2D eigenvalue weighted by Crippen LogP contribution is -2.15. The van der Waals surface area contributed by atoms with Gasteiger partial charge in [-0.25, -0.2) is 18.7 Å². The van der Waals surface area contributed by atoms with Crippen molar-refractivity contribution in [1.82, 2.24) is 0 Å². The maximum absolute atomic E-state index is 11.2. The van der Waals surface area contributed by atoms with E-state index in [0.29, 0.717) is 6.07 Å². The molecule has 101 valence electrons. The van der Waals surface area contributed by atoms with Gasteiger partial charge in [0.1, 0.15) is 22.1 Å². The predicted octanol–water partition coefficient (Wildman–Crippen LogP) is -0.480. The summed E-state index contributed by atoms with van der Waals surface area (Å²) >= 11 is 0. The van der Waals surface area contributed by atoms with Crippen LogP contribution in [0, 0.1) is 0 Å². The third-order valence-corrected chi connectivity index (χ3v) is 3.95. The minimum atomic E-state index is -4.73. The van der Waals surface area contributed by atoms with Crippen molar-refractivity contribution in [2.24, 2.45) is 5.14 Å². The first-order valence-electron chi connectivity index (χ1n) is 4.40. The molecule has 10 heteroatoms. The maximum Gasteiger partial charge on any atom is 0.294 e. The quantitative estimate of drug-likeness (QED) is 0.718. The van der Waals surface area contributed by atoms with E-state index in [4.69, 9.17) is 14.4 Å². The number of sulfonamides is 1. The second-order valence-electron chi connectivity index (χ2n) is 3.28. The van der Waals surface area contributed by atoms with Crippen LogP contribution in [-0.4, -0.2) is 28.5 Å². The number of benzene rings is 1. The maximum atomic E-state index is 11.2. The molecule has 1 rings (SSSR count). The minimum absolute atomic E-state index is 0.268. The molecule has 0 aliphatic rings. The van der Waals surface area contributed by atoms with E-state index in [1.54, 1.807) is 0 Å². The standard InChI is InChI=1S/C8H10NO7S2/c1-16-6-2-5(4-10)7(18(13,14)15)3-8(6)17(9,11)12/h2-3H,4H2,1H3,(H2,9,11,12)(H,13,14,15). The Morgan fingerprint density at radius 3 is 2.11 bits per heavy atom. The molecule has 0 atom stereocenters. The van der Waals surface area contributed by atoms with Crippen molar-refractivity contribution in [3.63, 3.8) is 0 Å². The zero-order chi connectivity index (χ0) is 14.1. The average molecular weight is 296 g/mol. The molecule has 0 aromatic heterocycles. The van der Waals surface area contributed by atoms with E-state index in [-0.39, 0.29) is 11.3 Å². The molecule has 1 aromatic carbocycles. The molecule has 1 radical (unpaired) electrons. The Kier molecular flexibility index (Phi) is 3.98. The molecule has 0 spiro atoms. The zero-order valence-corrected chi connectivity index (χ0v) is 10.8. The fourth-order valence-corrected chi connectivity index (χ4v) is 2.81. The van der Waals surface area contributed by atoms with E-state index in [2.05, 4.69) is 0 Å². The average Bonchev–Trinajstić information content (AvgIpc) is 2.24. The Balaban J connectivity index is 3.76. The van der Waals surface area contributed by atoms with Gasteiger partial charge in [-0.3, -0.25) is 4.55 Å². The lowest BCUT2D eigenvalue weighted by atomic mass is 10.2. The van der Waals surface area contributed by atoms with Gasteiger partial charge in [-0.15, -0.1) is 0 Å². The minimum Gasteiger partial charge on any atom is -0.495 e. The molecule has 0 saturated heterocycles. The molecule has 0 bridgehead atoms. The van der Waals surface area contributed by atoms with Crippen LogP contribution in [0.25, 0.3) is 0 Å². The lowest BCUT2D eigenvalue weighted by molar-refractivity contribution is 0.174. The monoisotopic (exact) mass is 296 g/mol. The first kappa shape index (κ1) is 14.9. The number of hydrogen-bond donors (Lipinski definition) is 2. The van der Waals surface area contributed by atoms with Crippen molar-refractivity contribution in [2.75, 3.05) is 7.11 Å². The summed E-state index contributed by atoms with van der Waals surface area (Å²) in [6.45, 7) is -0.976. The largest absolute Gasteiger partial charge is 0.495 e. The van der Waals surface area contributed by atoms with Crippen molar-refractivity contribution >= 4 is 20.1 Å².